The lowest BCUT2D eigenvalue weighted by molar-refractivity contribution is 0.0688. The summed E-state index contributed by atoms with van der Waals surface area (Å²) in [6.07, 6.45) is 1.29. The van der Waals surface area contributed by atoms with E-state index in [0.717, 1.165) is 21.1 Å². The third-order valence-corrected chi connectivity index (χ3v) is 7.60. The van der Waals surface area contributed by atoms with Gasteiger partial charge in [0.2, 0.25) is 10.0 Å². The van der Waals surface area contributed by atoms with Crippen LogP contribution in [0.25, 0.3) is 10.9 Å². The number of benzene rings is 1. The second-order valence-electron chi connectivity index (χ2n) is 6.91. The van der Waals surface area contributed by atoms with Gasteiger partial charge in [0.1, 0.15) is 0 Å². The molecule has 0 radical (unpaired) electrons. The Morgan fingerprint density at radius 1 is 1.30 bits per heavy atom. The van der Waals surface area contributed by atoms with Crippen LogP contribution in [0.3, 0.4) is 0 Å². The Hall–Kier alpha value is -1.51. The number of carbonyl (C=O) groups excluding carboxylic acids is 1. The van der Waals surface area contributed by atoms with Crippen LogP contribution in [0.5, 0.6) is 0 Å². The fraction of sp³-hybridized carbons (Fsp3) is 0.474. The Labute approximate surface area is 168 Å². The number of hydrogen-bond acceptors (Lipinski definition) is 4. The maximum absolute atomic E-state index is 13.2. The molecule has 2 aromatic rings. The van der Waals surface area contributed by atoms with E-state index in [2.05, 4.69) is 20.9 Å². The van der Waals surface area contributed by atoms with Crippen molar-refractivity contribution in [1.82, 2.24) is 14.2 Å². The van der Waals surface area contributed by atoms with Crippen molar-refractivity contribution < 1.29 is 13.2 Å². The van der Waals surface area contributed by atoms with Gasteiger partial charge in [-0.25, -0.2) is 12.7 Å². The number of sulfonamides is 1. The minimum absolute atomic E-state index is 0.0250. The number of halogens is 1. The van der Waals surface area contributed by atoms with E-state index in [4.69, 9.17) is 0 Å². The predicted octanol–water partition coefficient (Wildman–Crippen LogP) is 3.19. The van der Waals surface area contributed by atoms with Crippen molar-refractivity contribution in [3.8, 4) is 0 Å². The van der Waals surface area contributed by atoms with Crippen LogP contribution in [-0.4, -0.2) is 60.4 Å². The first-order valence-corrected chi connectivity index (χ1v) is 11.4. The number of fused-ring (bicyclic) bond motifs is 1. The second-order valence-corrected chi connectivity index (χ2v) is 10.1. The molecule has 6 nitrogen and oxygen atoms in total. The van der Waals surface area contributed by atoms with E-state index in [1.165, 1.54) is 4.31 Å². The van der Waals surface area contributed by atoms with Crippen molar-refractivity contribution in [2.24, 2.45) is 0 Å². The van der Waals surface area contributed by atoms with Crippen molar-refractivity contribution in [3.63, 3.8) is 0 Å². The molecule has 0 N–H and O–H groups in total. The molecule has 0 spiro atoms. The van der Waals surface area contributed by atoms with Gasteiger partial charge in [0.15, 0.2) is 0 Å². The summed E-state index contributed by atoms with van der Waals surface area (Å²) >= 11 is 3.46. The fourth-order valence-electron chi connectivity index (χ4n) is 3.54. The maximum Gasteiger partial charge on any atom is 0.254 e. The number of amides is 1. The highest BCUT2D eigenvalue weighted by Gasteiger charge is 2.31. The molecule has 0 unspecified atom stereocenters. The Morgan fingerprint density at radius 3 is 2.59 bits per heavy atom. The number of piperidine rings is 1. The van der Waals surface area contributed by atoms with Crippen LogP contribution in [0.4, 0.5) is 0 Å². The first kappa shape index (κ1) is 20.2. The minimum atomic E-state index is -3.21. The number of carbonyl (C=O) groups is 1. The van der Waals surface area contributed by atoms with E-state index in [1.807, 2.05) is 36.1 Å². The van der Waals surface area contributed by atoms with Crippen LogP contribution in [0.15, 0.2) is 28.7 Å². The van der Waals surface area contributed by atoms with Crippen LogP contribution in [0, 0.1) is 6.92 Å². The van der Waals surface area contributed by atoms with Crippen LogP contribution in [0.2, 0.25) is 0 Å². The van der Waals surface area contributed by atoms with Gasteiger partial charge in [-0.1, -0.05) is 15.9 Å². The summed E-state index contributed by atoms with van der Waals surface area (Å²) in [5.74, 6) is 0.0721. The maximum atomic E-state index is 13.2. The first-order valence-electron chi connectivity index (χ1n) is 9.05. The molecule has 1 aromatic carbocycles. The number of aromatic nitrogens is 1. The molecule has 27 heavy (non-hydrogen) atoms. The third-order valence-electron chi connectivity index (χ3n) is 5.20. The molecule has 1 aliphatic rings. The highest BCUT2D eigenvalue weighted by Crippen LogP contribution is 2.26. The highest BCUT2D eigenvalue weighted by molar-refractivity contribution is 9.10. The number of pyridine rings is 1. The van der Waals surface area contributed by atoms with Gasteiger partial charge in [-0.15, -0.1) is 0 Å². The quantitative estimate of drug-likeness (QED) is 0.712. The molecular formula is C19H24BrN3O3S. The van der Waals surface area contributed by atoms with Crippen molar-refractivity contribution in [3.05, 3.63) is 40.0 Å². The Balaban J connectivity index is 1.81. The van der Waals surface area contributed by atoms with Crippen molar-refractivity contribution >= 4 is 42.8 Å². The minimum Gasteiger partial charge on any atom is -0.339 e. The zero-order valence-electron chi connectivity index (χ0n) is 15.8. The molecule has 1 amide bonds. The van der Waals surface area contributed by atoms with E-state index in [1.54, 1.807) is 14.0 Å². The average molecular weight is 454 g/mol. The molecule has 1 saturated heterocycles. The molecule has 2 heterocycles. The van der Waals surface area contributed by atoms with Crippen molar-refractivity contribution in [2.75, 3.05) is 25.9 Å². The molecule has 0 aliphatic carbocycles. The SMILES string of the molecule is CCS(=O)(=O)N(C)C1CCN(C(=O)c2cc(C)nc3ccc(Br)cc23)CC1. The van der Waals surface area contributed by atoms with E-state index in [9.17, 15) is 13.2 Å². The summed E-state index contributed by atoms with van der Waals surface area (Å²) in [6.45, 7) is 4.63. The lowest BCUT2D eigenvalue weighted by Crippen LogP contribution is -2.47. The van der Waals surface area contributed by atoms with Gasteiger partial charge in [-0.05, 0) is 51.0 Å². The number of aryl methyl sites for hydroxylation is 1. The molecular weight excluding hydrogens is 430 g/mol. The van der Waals surface area contributed by atoms with E-state index < -0.39 is 10.0 Å². The summed E-state index contributed by atoms with van der Waals surface area (Å²) in [4.78, 5) is 19.5. The van der Waals surface area contributed by atoms with Crippen LogP contribution in [-0.2, 0) is 10.0 Å². The second kappa shape index (κ2) is 7.85. The smallest absolute Gasteiger partial charge is 0.254 e. The van der Waals surface area contributed by atoms with Crippen LogP contribution >= 0.6 is 15.9 Å². The third kappa shape index (κ3) is 4.17. The number of nitrogens with zero attached hydrogens (tertiary/aromatic N) is 3. The zero-order chi connectivity index (χ0) is 19.8. The molecule has 3 rings (SSSR count). The van der Waals surface area contributed by atoms with E-state index in [-0.39, 0.29) is 17.7 Å². The molecule has 1 aliphatic heterocycles. The summed E-state index contributed by atoms with van der Waals surface area (Å²) in [5.41, 5.74) is 2.24. The highest BCUT2D eigenvalue weighted by atomic mass is 79.9. The Kier molecular flexibility index (Phi) is 5.88. The van der Waals surface area contributed by atoms with Gasteiger partial charge in [-0.3, -0.25) is 9.78 Å². The van der Waals surface area contributed by atoms with Crippen LogP contribution in [0.1, 0.15) is 35.8 Å². The number of likely N-dealkylation sites (tertiary alicyclic amines) is 1. The predicted molar refractivity (Wildman–Crippen MR) is 110 cm³/mol. The zero-order valence-corrected chi connectivity index (χ0v) is 18.2. The van der Waals surface area contributed by atoms with Gasteiger partial charge in [0.05, 0.1) is 16.8 Å². The Bertz CT molecular complexity index is 970. The van der Waals surface area contributed by atoms with Crippen LogP contribution < -0.4 is 0 Å². The summed E-state index contributed by atoms with van der Waals surface area (Å²) in [6, 6.07) is 7.52. The topological polar surface area (TPSA) is 70.6 Å². The van der Waals surface area contributed by atoms with Gasteiger partial charge in [0.25, 0.3) is 5.91 Å². The van der Waals surface area contributed by atoms with Crippen molar-refractivity contribution in [1.29, 1.82) is 0 Å². The normalized spacial score (nSPS) is 16.3. The number of hydrogen-bond donors (Lipinski definition) is 0. The molecule has 1 fully saturated rings. The fourth-order valence-corrected chi connectivity index (χ4v) is 4.97. The number of rotatable bonds is 4. The van der Waals surface area contributed by atoms with E-state index in [0.29, 0.717) is 31.5 Å². The summed E-state index contributed by atoms with van der Waals surface area (Å²) in [5, 5.41) is 0.827. The Morgan fingerprint density at radius 2 is 1.96 bits per heavy atom. The lowest BCUT2D eigenvalue weighted by Gasteiger charge is -2.36. The summed E-state index contributed by atoms with van der Waals surface area (Å²) in [7, 11) is -1.57. The lowest BCUT2D eigenvalue weighted by atomic mass is 10.0. The monoisotopic (exact) mass is 453 g/mol. The largest absolute Gasteiger partial charge is 0.339 e. The molecule has 0 saturated carbocycles. The van der Waals surface area contributed by atoms with Gasteiger partial charge in [0, 0.05) is 41.7 Å². The molecule has 146 valence electrons. The van der Waals surface area contributed by atoms with Gasteiger partial charge in [-0.2, -0.15) is 0 Å². The standard InChI is InChI=1S/C19H24BrN3O3S/c1-4-27(25,26)22(3)15-7-9-23(10-8-15)19(24)17-11-13(2)21-18-6-5-14(20)12-16(17)18/h5-6,11-12,15H,4,7-10H2,1-3H3. The molecule has 1 aromatic heterocycles. The van der Waals surface area contributed by atoms with Gasteiger partial charge >= 0.3 is 0 Å². The van der Waals surface area contributed by atoms with Crippen molar-refractivity contribution in [2.45, 2.75) is 32.7 Å². The first-order chi connectivity index (χ1) is 12.7. The molecule has 0 bridgehead atoms. The molecule has 0 atom stereocenters. The van der Waals surface area contributed by atoms with E-state index >= 15 is 0 Å². The molecule has 8 heteroatoms. The summed E-state index contributed by atoms with van der Waals surface area (Å²) < 4.78 is 26.5. The van der Waals surface area contributed by atoms with Gasteiger partial charge < -0.3 is 4.90 Å². The average Bonchev–Trinajstić information content (AvgIpc) is 2.66.